The summed E-state index contributed by atoms with van der Waals surface area (Å²) in [6, 6.07) is 27.1. The molecule has 0 aliphatic heterocycles. The van der Waals surface area contributed by atoms with E-state index in [1.807, 2.05) is 48.5 Å². The Morgan fingerprint density at radius 1 is 0.393 bits per heavy atom. The zero-order chi connectivity index (χ0) is 43.3. The number of aryl methyl sites for hydroxylation is 2. The van der Waals surface area contributed by atoms with E-state index in [0.717, 1.165) is 36.8 Å². The Hall–Kier alpha value is -2.44. The van der Waals surface area contributed by atoms with E-state index in [1.165, 1.54) is 165 Å². The first-order valence-corrected chi connectivity index (χ1v) is 25.5. The van der Waals surface area contributed by atoms with Crippen molar-refractivity contribution in [2.75, 3.05) is 0 Å². The van der Waals surface area contributed by atoms with Crippen LogP contribution in [0, 0.1) is 0 Å². The zero-order valence-electron chi connectivity index (χ0n) is 37.0. The molecule has 0 fully saturated rings. The predicted octanol–water partition coefficient (Wildman–Crippen LogP) is 14.1. The van der Waals surface area contributed by atoms with E-state index >= 15 is 0 Å². The van der Waals surface area contributed by atoms with Crippen LogP contribution in [0.2, 0.25) is 0 Å². The molecule has 61 heavy (non-hydrogen) atoms. The summed E-state index contributed by atoms with van der Waals surface area (Å²) in [5.74, 6) is 2.15. The van der Waals surface area contributed by atoms with Crippen molar-refractivity contribution in [3.63, 3.8) is 0 Å². The van der Waals surface area contributed by atoms with Gasteiger partial charge in [-0.25, -0.2) is 16.8 Å². The summed E-state index contributed by atoms with van der Waals surface area (Å²) >= 11 is 0. The van der Waals surface area contributed by atoms with E-state index < -0.39 is 20.2 Å². The van der Waals surface area contributed by atoms with Gasteiger partial charge in [0, 0.05) is 0 Å². The number of unbranched alkanes of at least 4 members (excludes halogenated alkanes) is 20. The molecule has 4 aromatic carbocycles. The average Bonchev–Trinajstić information content (AvgIpc) is 3.23. The Labute approximate surface area is 399 Å². The van der Waals surface area contributed by atoms with Gasteiger partial charge in [-0.05, 0) is 85.3 Å². The second-order valence-corrected chi connectivity index (χ2v) is 18.6. The molecule has 0 unspecified atom stereocenters. The summed E-state index contributed by atoms with van der Waals surface area (Å²) in [6.07, 6.45) is 30.6. The van der Waals surface area contributed by atoms with Crippen LogP contribution in [0.15, 0.2) is 107 Å². The third-order valence-electron chi connectivity index (χ3n) is 10.7. The van der Waals surface area contributed by atoms with Crippen molar-refractivity contribution in [2.24, 2.45) is 0 Å². The second-order valence-electron chi connectivity index (χ2n) is 15.8. The van der Waals surface area contributed by atoms with Crippen LogP contribution < -0.4 is 9.47 Å². The summed E-state index contributed by atoms with van der Waals surface area (Å²) < 4.78 is 79.1. The number of ether oxygens (including phenoxy) is 2. The van der Waals surface area contributed by atoms with Gasteiger partial charge in [0.15, 0.2) is 0 Å². The summed E-state index contributed by atoms with van der Waals surface area (Å²) in [5, 5.41) is 0. The molecule has 0 radical (unpaired) electrons. The van der Waals surface area contributed by atoms with Crippen molar-refractivity contribution in [1.29, 1.82) is 0 Å². The Balaban J connectivity index is 0.000000413. The van der Waals surface area contributed by atoms with E-state index in [2.05, 4.69) is 13.8 Å². The third kappa shape index (κ3) is 24.3. The van der Waals surface area contributed by atoms with E-state index in [4.69, 9.17) is 9.47 Å². The van der Waals surface area contributed by atoms with Crippen molar-refractivity contribution in [1.82, 2.24) is 0 Å². The number of benzene rings is 4. The molecule has 8 nitrogen and oxygen atoms in total. The first-order chi connectivity index (χ1) is 29.0. The fourth-order valence-corrected chi connectivity index (χ4v) is 8.23. The molecular formula is C50H70CaO8S2. The van der Waals surface area contributed by atoms with Gasteiger partial charge in [0.2, 0.25) is 0 Å². The molecule has 0 spiro atoms. The van der Waals surface area contributed by atoms with Gasteiger partial charge in [0.05, 0.1) is 9.79 Å². The maximum atomic E-state index is 11.2. The van der Waals surface area contributed by atoms with Gasteiger partial charge < -0.3 is 18.6 Å². The minimum Gasteiger partial charge on any atom is -0.744 e. The fraction of sp³-hybridized carbons (Fsp3) is 0.520. The van der Waals surface area contributed by atoms with Gasteiger partial charge in [-0.3, -0.25) is 0 Å². The Kier molecular flexibility index (Phi) is 28.9. The van der Waals surface area contributed by atoms with Crippen LogP contribution in [0.5, 0.6) is 23.0 Å². The molecule has 0 heterocycles. The maximum absolute atomic E-state index is 11.2. The number of para-hydroxylation sites is 2. The number of rotatable bonds is 30. The molecule has 11 heteroatoms. The van der Waals surface area contributed by atoms with Crippen LogP contribution in [-0.2, 0) is 33.1 Å². The van der Waals surface area contributed by atoms with Crippen LogP contribution in [0.3, 0.4) is 0 Å². The summed E-state index contributed by atoms with van der Waals surface area (Å²) in [4.78, 5) is -0.550. The fourth-order valence-electron chi connectivity index (χ4n) is 7.22. The van der Waals surface area contributed by atoms with Crippen molar-refractivity contribution < 1.29 is 35.4 Å². The van der Waals surface area contributed by atoms with Crippen LogP contribution in [0.1, 0.15) is 166 Å². The summed E-state index contributed by atoms with van der Waals surface area (Å²) in [5.41, 5.74) is 2.20. The molecule has 0 atom stereocenters. The third-order valence-corrected chi connectivity index (χ3v) is 12.4. The quantitative estimate of drug-likeness (QED) is 0.0287. The molecule has 0 aromatic heterocycles. The van der Waals surface area contributed by atoms with E-state index in [1.54, 1.807) is 12.1 Å². The molecule has 4 aromatic rings. The van der Waals surface area contributed by atoms with Gasteiger partial charge in [0.1, 0.15) is 43.2 Å². The molecule has 332 valence electrons. The molecule has 0 amide bonds. The molecule has 0 aliphatic rings. The first kappa shape index (κ1) is 54.7. The predicted molar refractivity (Wildman–Crippen MR) is 248 cm³/mol. The summed E-state index contributed by atoms with van der Waals surface area (Å²) in [7, 11) is -8.98. The van der Waals surface area contributed by atoms with Crippen molar-refractivity contribution in [3.05, 3.63) is 108 Å². The van der Waals surface area contributed by atoms with Gasteiger partial charge in [0.25, 0.3) is 0 Å². The molecule has 0 saturated heterocycles. The SMILES string of the molecule is CCCCCCCCCCCCCc1ccccc1Oc1cccc(S(=O)(=O)[O-])c1.CCCCCCCCCCCCCc1ccccc1Oc1cccc(S(=O)(=O)[O-])c1.[Ca+2]. The smallest absolute Gasteiger partial charge is 0.744 e. The largest absolute Gasteiger partial charge is 2.00 e. The monoisotopic (exact) mass is 902 g/mol. The minimum atomic E-state index is -4.49. The standard InChI is InChI=1S/2C25H36O4S.Ca/c2*1-2-3-4-5-6-7-8-9-10-11-12-16-22-17-13-14-20-25(22)29-23-18-15-19-24(21-23)30(26,27)28;/h2*13-15,17-21H,2-12,16H2,1H3,(H,26,27,28);/q;;+2/p-2. The average molecular weight is 903 g/mol. The van der Waals surface area contributed by atoms with Crippen LogP contribution >= 0.6 is 0 Å². The van der Waals surface area contributed by atoms with Crippen LogP contribution in [0.4, 0.5) is 0 Å². The first-order valence-electron chi connectivity index (χ1n) is 22.6. The van der Waals surface area contributed by atoms with E-state index in [0.29, 0.717) is 23.0 Å². The van der Waals surface area contributed by atoms with Gasteiger partial charge in [-0.15, -0.1) is 0 Å². The molecule has 4 rings (SSSR count). The normalized spacial score (nSPS) is 11.3. The molecule has 0 bridgehead atoms. The topological polar surface area (TPSA) is 133 Å². The maximum Gasteiger partial charge on any atom is 2.00 e. The Morgan fingerprint density at radius 3 is 1.00 bits per heavy atom. The molecule has 0 N–H and O–H groups in total. The molecular weight excluding hydrogens is 833 g/mol. The van der Waals surface area contributed by atoms with Gasteiger partial charge in [-0.1, -0.05) is 191 Å². The van der Waals surface area contributed by atoms with Crippen LogP contribution in [-0.4, -0.2) is 63.7 Å². The molecule has 0 aliphatic carbocycles. The Morgan fingerprint density at radius 2 is 0.689 bits per heavy atom. The summed E-state index contributed by atoms with van der Waals surface area (Å²) in [6.45, 7) is 4.51. The van der Waals surface area contributed by atoms with Crippen molar-refractivity contribution >= 4 is 58.0 Å². The zero-order valence-corrected chi connectivity index (χ0v) is 40.8. The number of hydrogen-bond donors (Lipinski definition) is 0. The van der Waals surface area contributed by atoms with Crippen molar-refractivity contribution in [3.8, 4) is 23.0 Å². The number of hydrogen-bond acceptors (Lipinski definition) is 8. The minimum absolute atomic E-state index is 0. The second kappa shape index (κ2) is 32.3. The van der Waals surface area contributed by atoms with Gasteiger partial charge >= 0.3 is 37.7 Å². The van der Waals surface area contributed by atoms with Crippen molar-refractivity contribution in [2.45, 2.75) is 178 Å². The van der Waals surface area contributed by atoms with Gasteiger partial charge in [-0.2, -0.15) is 0 Å². The van der Waals surface area contributed by atoms with Crippen LogP contribution in [0.25, 0.3) is 0 Å². The molecule has 0 saturated carbocycles. The van der Waals surface area contributed by atoms with E-state index in [-0.39, 0.29) is 47.5 Å². The Bertz CT molecular complexity index is 1840. The van der Waals surface area contributed by atoms with E-state index in [9.17, 15) is 25.9 Å².